The van der Waals surface area contributed by atoms with E-state index in [1.807, 2.05) is 11.7 Å². The summed E-state index contributed by atoms with van der Waals surface area (Å²) in [6.45, 7) is 4.12. The maximum absolute atomic E-state index is 9.56. The fourth-order valence-electron chi connectivity index (χ4n) is 2.84. The molecule has 1 aromatic rings. The molecule has 0 spiro atoms. The van der Waals surface area contributed by atoms with E-state index in [1.54, 1.807) is 0 Å². The molecule has 1 atom stereocenters. The van der Waals surface area contributed by atoms with Gasteiger partial charge in [0.05, 0.1) is 23.0 Å². The first-order chi connectivity index (χ1) is 9.17. The average Bonchev–Trinajstić information content (AvgIpc) is 2.60. The van der Waals surface area contributed by atoms with Gasteiger partial charge in [0.2, 0.25) is 0 Å². The summed E-state index contributed by atoms with van der Waals surface area (Å²) in [5, 5.41) is 14.8. The lowest BCUT2D eigenvalue weighted by Crippen LogP contribution is -2.37. The Kier molecular flexibility index (Phi) is 5.25. The standard InChI is InChI=1S/C14H24ClN3O/c1-3-12-14(15)13(17(2)16-12)9-18-8-6-4-5-7-11(18)10-19/h11,19H,3-10H2,1-2H3. The maximum Gasteiger partial charge on any atom is 0.0863 e. The smallest absolute Gasteiger partial charge is 0.0863 e. The van der Waals surface area contributed by atoms with E-state index in [0.29, 0.717) is 0 Å². The summed E-state index contributed by atoms with van der Waals surface area (Å²) in [5.74, 6) is 0. The third-order valence-electron chi connectivity index (χ3n) is 4.07. The van der Waals surface area contributed by atoms with Gasteiger partial charge in [0.1, 0.15) is 0 Å². The molecule has 0 aliphatic carbocycles. The largest absolute Gasteiger partial charge is 0.395 e. The van der Waals surface area contributed by atoms with Crippen LogP contribution in [0.2, 0.25) is 5.02 Å². The van der Waals surface area contributed by atoms with Crippen LogP contribution in [0.1, 0.15) is 44.0 Å². The normalized spacial score (nSPS) is 21.6. The molecule has 0 bridgehead atoms. The molecule has 5 heteroatoms. The fraction of sp³-hybridized carbons (Fsp3) is 0.786. The van der Waals surface area contributed by atoms with Crippen molar-refractivity contribution < 1.29 is 5.11 Å². The lowest BCUT2D eigenvalue weighted by molar-refractivity contribution is 0.116. The van der Waals surface area contributed by atoms with Crippen molar-refractivity contribution >= 4 is 11.6 Å². The second-order valence-corrected chi connectivity index (χ2v) is 5.72. The molecule has 0 saturated carbocycles. The molecule has 0 aromatic carbocycles. The third kappa shape index (κ3) is 3.30. The van der Waals surface area contributed by atoms with Gasteiger partial charge in [0.15, 0.2) is 0 Å². The number of aryl methyl sites for hydroxylation is 2. The Morgan fingerprint density at radius 2 is 2.16 bits per heavy atom. The molecule has 19 heavy (non-hydrogen) atoms. The molecule has 108 valence electrons. The van der Waals surface area contributed by atoms with Gasteiger partial charge in [-0.1, -0.05) is 31.4 Å². The van der Waals surface area contributed by atoms with Gasteiger partial charge in [-0.05, 0) is 25.8 Å². The topological polar surface area (TPSA) is 41.3 Å². The minimum Gasteiger partial charge on any atom is -0.395 e. The molecule has 1 aromatic heterocycles. The van der Waals surface area contributed by atoms with Crippen molar-refractivity contribution in [1.82, 2.24) is 14.7 Å². The summed E-state index contributed by atoms with van der Waals surface area (Å²) in [5.41, 5.74) is 2.04. The first-order valence-corrected chi connectivity index (χ1v) is 7.60. The third-order valence-corrected chi connectivity index (χ3v) is 4.50. The van der Waals surface area contributed by atoms with Crippen molar-refractivity contribution in [2.75, 3.05) is 13.2 Å². The molecular weight excluding hydrogens is 262 g/mol. The predicted octanol–water partition coefficient (Wildman–Crippen LogP) is 2.37. The van der Waals surface area contributed by atoms with Gasteiger partial charge in [-0.2, -0.15) is 5.10 Å². The molecule has 1 fully saturated rings. The minimum atomic E-state index is 0.232. The van der Waals surface area contributed by atoms with Crippen LogP contribution < -0.4 is 0 Å². The van der Waals surface area contributed by atoms with Crippen molar-refractivity contribution in [3.63, 3.8) is 0 Å². The monoisotopic (exact) mass is 285 g/mol. The van der Waals surface area contributed by atoms with Gasteiger partial charge in [-0.3, -0.25) is 9.58 Å². The van der Waals surface area contributed by atoms with Crippen molar-refractivity contribution in [3.05, 3.63) is 16.4 Å². The van der Waals surface area contributed by atoms with Crippen LogP contribution in [0.4, 0.5) is 0 Å². The first-order valence-electron chi connectivity index (χ1n) is 7.22. The number of aliphatic hydroxyl groups is 1. The van der Waals surface area contributed by atoms with Crippen LogP contribution in [-0.2, 0) is 20.0 Å². The second-order valence-electron chi connectivity index (χ2n) is 5.34. The lowest BCUT2D eigenvalue weighted by Gasteiger charge is -2.28. The molecule has 2 rings (SSSR count). The van der Waals surface area contributed by atoms with Gasteiger partial charge in [-0.25, -0.2) is 0 Å². The molecule has 0 amide bonds. The highest BCUT2D eigenvalue weighted by atomic mass is 35.5. The molecule has 1 N–H and O–H groups in total. The van der Waals surface area contributed by atoms with Crippen LogP contribution in [0.3, 0.4) is 0 Å². The second kappa shape index (κ2) is 6.73. The van der Waals surface area contributed by atoms with E-state index in [-0.39, 0.29) is 12.6 Å². The van der Waals surface area contributed by atoms with E-state index < -0.39 is 0 Å². The van der Waals surface area contributed by atoms with E-state index in [1.165, 1.54) is 19.3 Å². The number of hydrogen-bond donors (Lipinski definition) is 1. The Morgan fingerprint density at radius 3 is 2.79 bits per heavy atom. The summed E-state index contributed by atoms with van der Waals surface area (Å²) >= 11 is 6.41. The summed E-state index contributed by atoms with van der Waals surface area (Å²) in [4.78, 5) is 2.36. The number of aromatic nitrogens is 2. The molecule has 0 radical (unpaired) electrons. The molecule has 1 unspecified atom stereocenters. The van der Waals surface area contributed by atoms with Crippen LogP contribution in [-0.4, -0.2) is 39.0 Å². The molecule has 4 nitrogen and oxygen atoms in total. The number of likely N-dealkylation sites (tertiary alicyclic amines) is 1. The van der Waals surface area contributed by atoms with Crippen LogP contribution in [0.5, 0.6) is 0 Å². The van der Waals surface area contributed by atoms with E-state index >= 15 is 0 Å². The highest BCUT2D eigenvalue weighted by Crippen LogP contribution is 2.25. The van der Waals surface area contributed by atoms with Gasteiger partial charge >= 0.3 is 0 Å². The average molecular weight is 286 g/mol. The Labute approximate surface area is 120 Å². The van der Waals surface area contributed by atoms with Crippen LogP contribution in [0.15, 0.2) is 0 Å². The summed E-state index contributed by atoms with van der Waals surface area (Å²) in [6, 6.07) is 0.263. The number of nitrogens with zero attached hydrogens (tertiary/aromatic N) is 3. The lowest BCUT2D eigenvalue weighted by atomic mass is 10.1. The van der Waals surface area contributed by atoms with Gasteiger partial charge in [-0.15, -0.1) is 0 Å². The van der Waals surface area contributed by atoms with E-state index in [9.17, 15) is 5.11 Å². The fourth-order valence-corrected chi connectivity index (χ4v) is 3.19. The Hall–Kier alpha value is -0.580. The van der Waals surface area contributed by atoms with Crippen LogP contribution >= 0.6 is 11.6 Å². The van der Waals surface area contributed by atoms with Crippen LogP contribution in [0.25, 0.3) is 0 Å². The van der Waals surface area contributed by atoms with Crippen molar-refractivity contribution in [2.24, 2.45) is 7.05 Å². The first kappa shape index (κ1) is 14.8. The van der Waals surface area contributed by atoms with Gasteiger partial charge < -0.3 is 5.11 Å². The SMILES string of the molecule is CCc1nn(C)c(CN2CCCCCC2CO)c1Cl. The predicted molar refractivity (Wildman–Crippen MR) is 77.3 cm³/mol. The quantitative estimate of drug-likeness (QED) is 0.923. The molecular formula is C14H24ClN3O. The molecule has 1 aliphatic rings. The number of halogens is 1. The highest BCUT2D eigenvalue weighted by Gasteiger charge is 2.23. The van der Waals surface area contributed by atoms with Gasteiger partial charge in [0.25, 0.3) is 0 Å². The summed E-state index contributed by atoms with van der Waals surface area (Å²) < 4.78 is 1.89. The van der Waals surface area contributed by atoms with Crippen molar-refractivity contribution in [3.8, 4) is 0 Å². The van der Waals surface area contributed by atoms with Gasteiger partial charge in [0, 0.05) is 19.6 Å². The van der Waals surface area contributed by atoms with E-state index in [4.69, 9.17) is 11.6 Å². The molecule has 2 heterocycles. The zero-order valence-corrected chi connectivity index (χ0v) is 12.7. The van der Waals surface area contributed by atoms with Crippen molar-refractivity contribution in [1.29, 1.82) is 0 Å². The molecule has 1 aliphatic heterocycles. The van der Waals surface area contributed by atoms with E-state index in [0.717, 1.165) is 42.3 Å². The summed E-state index contributed by atoms with van der Waals surface area (Å²) in [7, 11) is 1.95. The Bertz CT molecular complexity index is 419. The molecule has 1 saturated heterocycles. The summed E-state index contributed by atoms with van der Waals surface area (Å²) in [6.07, 6.45) is 5.60. The zero-order valence-electron chi connectivity index (χ0n) is 11.9. The minimum absolute atomic E-state index is 0.232. The van der Waals surface area contributed by atoms with Crippen molar-refractivity contribution in [2.45, 2.75) is 51.6 Å². The highest BCUT2D eigenvalue weighted by molar-refractivity contribution is 6.31. The van der Waals surface area contributed by atoms with Crippen LogP contribution in [0, 0.1) is 0 Å². The Morgan fingerprint density at radius 1 is 1.37 bits per heavy atom. The Balaban J connectivity index is 2.16. The maximum atomic E-state index is 9.56. The number of hydrogen-bond acceptors (Lipinski definition) is 3. The zero-order chi connectivity index (χ0) is 13.8. The number of aliphatic hydroxyl groups excluding tert-OH is 1. The number of rotatable bonds is 4. The van der Waals surface area contributed by atoms with E-state index in [2.05, 4.69) is 16.9 Å².